The Balaban J connectivity index is 1.99. The lowest BCUT2D eigenvalue weighted by molar-refractivity contribution is 0.102. The molecule has 0 unspecified atom stereocenters. The molecule has 2 aromatic carbocycles. The van der Waals surface area contributed by atoms with E-state index >= 15 is 0 Å². The predicted molar refractivity (Wildman–Crippen MR) is 86.0 cm³/mol. The van der Waals surface area contributed by atoms with Crippen LogP contribution in [-0.2, 0) is 0 Å². The van der Waals surface area contributed by atoms with Crippen LogP contribution in [-0.4, -0.2) is 11.1 Å². The molecule has 116 valence electrons. The van der Waals surface area contributed by atoms with Gasteiger partial charge in [-0.25, -0.2) is 4.39 Å². The molecule has 3 rings (SSSR count). The first-order valence-electron chi connectivity index (χ1n) is 6.84. The van der Waals surface area contributed by atoms with Gasteiger partial charge in [-0.3, -0.25) is 4.79 Å². The molecule has 1 amide bonds. The van der Waals surface area contributed by atoms with Crippen molar-refractivity contribution in [3.05, 3.63) is 70.7 Å². The van der Waals surface area contributed by atoms with E-state index in [0.29, 0.717) is 27.7 Å². The van der Waals surface area contributed by atoms with E-state index in [4.69, 9.17) is 16.1 Å². The second kappa shape index (κ2) is 6.22. The molecule has 0 atom stereocenters. The van der Waals surface area contributed by atoms with Crippen LogP contribution in [0.1, 0.15) is 16.1 Å². The molecule has 1 heterocycles. The maximum atomic E-state index is 13.2. The molecule has 1 aromatic heterocycles. The molecule has 4 nitrogen and oxygen atoms in total. The SMILES string of the molecule is Cc1onc(-c2ccccc2Cl)c1C(=O)Nc1cccc(F)c1. The second-order valence-electron chi connectivity index (χ2n) is 4.91. The highest BCUT2D eigenvalue weighted by molar-refractivity contribution is 6.33. The molecule has 0 radical (unpaired) electrons. The standard InChI is InChI=1S/C17H12ClFN2O2/c1-10-15(17(22)20-12-6-4-5-11(19)9-12)16(21-23-10)13-7-2-3-8-14(13)18/h2-9H,1H3,(H,20,22). The van der Waals surface area contributed by atoms with Gasteiger partial charge in [0.1, 0.15) is 22.8 Å². The average molecular weight is 331 g/mol. The van der Waals surface area contributed by atoms with Gasteiger partial charge in [0.25, 0.3) is 5.91 Å². The quantitative estimate of drug-likeness (QED) is 0.757. The number of anilines is 1. The second-order valence-corrected chi connectivity index (χ2v) is 5.31. The van der Waals surface area contributed by atoms with E-state index in [9.17, 15) is 9.18 Å². The van der Waals surface area contributed by atoms with E-state index in [1.807, 2.05) is 0 Å². The summed E-state index contributed by atoms with van der Waals surface area (Å²) >= 11 is 6.16. The summed E-state index contributed by atoms with van der Waals surface area (Å²) in [6, 6.07) is 12.7. The third-order valence-electron chi connectivity index (χ3n) is 3.30. The van der Waals surface area contributed by atoms with Crippen LogP contribution >= 0.6 is 11.6 Å². The Labute approximate surface area is 136 Å². The summed E-state index contributed by atoms with van der Waals surface area (Å²) in [6.45, 7) is 1.63. The number of hydrogen-bond acceptors (Lipinski definition) is 3. The van der Waals surface area contributed by atoms with Crippen molar-refractivity contribution in [1.29, 1.82) is 0 Å². The van der Waals surface area contributed by atoms with Gasteiger partial charge in [-0.05, 0) is 31.2 Å². The first kappa shape index (κ1) is 15.2. The van der Waals surface area contributed by atoms with Gasteiger partial charge in [0.05, 0.1) is 5.02 Å². The van der Waals surface area contributed by atoms with Crippen LogP contribution in [0.25, 0.3) is 11.3 Å². The zero-order chi connectivity index (χ0) is 16.4. The average Bonchev–Trinajstić information content (AvgIpc) is 2.89. The molecule has 0 saturated heterocycles. The number of aromatic nitrogens is 1. The molecule has 6 heteroatoms. The molecule has 3 aromatic rings. The number of amides is 1. The fraction of sp³-hybridized carbons (Fsp3) is 0.0588. The van der Waals surface area contributed by atoms with Crippen molar-refractivity contribution in [3.63, 3.8) is 0 Å². The van der Waals surface area contributed by atoms with E-state index in [1.54, 1.807) is 37.3 Å². The molecule has 0 aliphatic heterocycles. The van der Waals surface area contributed by atoms with Crippen LogP contribution in [0, 0.1) is 12.7 Å². The maximum absolute atomic E-state index is 13.2. The lowest BCUT2D eigenvalue weighted by Crippen LogP contribution is -2.13. The predicted octanol–water partition coefficient (Wildman–Crippen LogP) is 4.69. The number of carbonyl (C=O) groups excluding carboxylic acids is 1. The molecular formula is C17H12ClFN2O2. The van der Waals surface area contributed by atoms with Crippen LogP contribution in [0.3, 0.4) is 0 Å². The normalized spacial score (nSPS) is 10.6. The Kier molecular flexibility index (Phi) is 4.12. The van der Waals surface area contributed by atoms with Crippen LogP contribution in [0.15, 0.2) is 53.1 Å². The van der Waals surface area contributed by atoms with Crippen LogP contribution in [0.5, 0.6) is 0 Å². The van der Waals surface area contributed by atoms with Gasteiger partial charge in [0, 0.05) is 11.3 Å². The first-order chi connectivity index (χ1) is 11.1. The minimum absolute atomic E-state index is 0.266. The number of carbonyl (C=O) groups is 1. The molecule has 0 aliphatic carbocycles. The van der Waals surface area contributed by atoms with E-state index in [2.05, 4.69) is 10.5 Å². The van der Waals surface area contributed by atoms with Gasteiger partial charge < -0.3 is 9.84 Å². The molecule has 23 heavy (non-hydrogen) atoms. The highest BCUT2D eigenvalue weighted by atomic mass is 35.5. The van der Waals surface area contributed by atoms with Crippen LogP contribution in [0.4, 0.5) is 10.1 Å². The van der Waals surface area contributed by atoms with Crippen molar-refractivity contribution in [2.75, 3.05) is 5.32 Å². The smallest absolute Gasteiger partial charge is 0.261 e. The first-order valence-corrected chi connectivity index (χ1v) is 7.22. The minimum Gasteiger partial charge on any atom is -0.360 e. The van der Waals surface area contributed by atoms with Gasteiger partial charge in [-0.1, -0.05) is 41.0 Å². The van der Waals surface area contributed by atoms with Crippen molar-refractivity contribution in [2.24, 2.45) is 0 Å². The topological polar surface area (TPSA) is 55.1 Å². The summed E-state index contributed by atoms with van der Waals surface area (Å²) in [4.78, 5) is 12.5. The molecule has 0 saturated carbocycles. The van der Waals surface area contributed by atoms with Crippen LogP contribution < -0.4 is 5.32 Å². The number of nitrogens with one attached hydrogen (secondary N) is 1. The summed E-state index contributed by atoms with van der Waals surface area (Å²) in [5, 5.41) is 7.03. The number of benzene rings is 2. The Morgan fingerprint density at radius 1 is 1.22 bits per heavy atom. The maximum Gasteiger partial charge on any atom is 0.261 e. The van der Waals surface area contributed by atoms with E-state index in [0.717, 1.165) is 0 Å². The summed E-state index contributed by atoms with van der Waals surface area (Å²) in [5.41, 5.74) is 1.56. The number of aryl methyl sites for hydroxylation is 1. The summed E-state index contributed by atoms with van der Waals surface area (Å²) in [6.07, 6.45) is 0. The van der Waals surface area contributed by atoms with E-state index in [-0.39, 0.29) is 5.56 Å². The molecule has 1 N–H and O–H groups in total. The Bertz CT molecular complexity index is 877. The van der Waals surface area contributed by atoms with Crippen LogP contribution in [0.2, 0.25) is 5.02 Å². The van der Waals surface area contributed by atoms with Crippen molar-refractivity contribution < 1.29 is 13.7 Å². The zero-order valence-electron chi connectivity index (χ0n) is 12.1. The van der Waals surface area contributed by atoms with E-state index < -0.39 is 11.7 Å². The monoisotopic (exact) mass is 330 g/mol. The van der Waals surface area contributed by atoms with Crippen molar-refractivity contribution in [3.8, 4) is 11.3 Å². The van der Waals surface area contributed by atoms with E-state index in [1.165, 1.54) is 18.2 Å². The lowest BCUT2D eigenvalue weighted by Gasteiger charge is -2.06. The summed E-state index contributed by atoms with van der Waals surface area (Å²) < 4.78 is 18.4. The van der Waals surface area contributed by atoms with Gasteiger partial charge >= 0.3 is 0 Å². The highest BCUT2D eigenvalue weighted by Gasteiger charge is 2.23. The van der Waals surface area contributed by atoms with Crippen molar-refractivity contribution in [1.82, 2.24) is 5.16 Å². The fourth-order valence-corrected chi connectivity index (χ4v) is 2.46. The summed E-state index contributed by atoms with van der Waals surface area (Å²) in [5.74, 6) is -0.519. The van der Waals surface area contributed by atoms with Crippen molar-refractivity contribution in [2.45, 2.75) is 6.92 Å². The Morgan fingerprint density at radius 3 is 2.74 bits per heavy atom. The largest absolute Gasteiger partial charge is 0.360 e. The molecular weight excluding hydrogens is 319 g/mol. The fourth-order valence-electron chi connectivity index (χ4n) is 2.24. The number of rotatable bonds is 3. The number of nitrogens with zero attached hydrogens (tertiary/aromatic N) is 1. The van der Waals surface area contributed by atoms with Gasteiger partial charge in [-0.2, -0.15) is 0 Å². The number of hydrogen-bond donors (Lipinski definition) is 1. The molecule has 0 spiro atoms. The third kappa shape index (κ3) is 3.10. The summed E-state index contributed by atoms with van der Waals surface area (Å²) in [7, 11) is 0. The Hall–Kier alpha value is -2.66. The van der Waals surface area contributed by atoms with Gasteiger partial charge in [0.2, 0.25) is 0 Å². The zero-order valence-corrected chi connectivity index (χ0v) is 12.9. The molecule has 0 fully saturated rings. The van der Waals surface area contributed by atoms with Crippen molar-refractivity contribution >= 4 is 23.2 Å². The third-order valence-corrected chi connectivity index (χ3v) is 3.63. The number of halogens is 2. The highest BCUT2D eigenvalue weighted by Crippen LogP contribution is 2.31. The molecule has 0 bridgehead atoms. The minimum atomic E-state index is -0.440. The van der Waals surface area contributed by atoms with Gasteiger partial charge in [0.15, 0.2) is 0 Å². The molecule has 0 aliphatic rings. The lowest BCUT2D eigenvalue weighted by atomic mass is 10.1. The van der Waals surface area contributed by atoms with Gasteiger partial charge in [-0.15, -0.1) is 0 Å². The Morgan fingerprint density at radius 2 is 2.00 bits per heavy atom.